The van der Waals surface area contributed by atoms with Gasteiger partial charge < -0.3 is 19.6 Å². The Morgan fingerprint density at radius 2 is 2.07 bits per heavy atom. The molecule has 3 aromatic heterocycles. The van der Waals surface area contributed by atoms with Crippen molar-refractivity contribution in [3.63, 3.8) is 0 Å². The molecule has 0 unspecified atom stereocenters. The molecule has 1 aromatic carbocycles. The molecule has 4 aromatic rings. The predicted octanol–water partition coefficient (Wildman–Crippen LogP) is 4.32. The van der Waals surface area contributed by atoms with E-state index >= 15 is 0 Å². The van der Waals surface area contributed by atoms with Crippen molar-refractivity contribution in [2.24, 2.45) is 0 Å². The number of hydrogen-bond acceptors (Lipinski definition) is 5. The normalized spacial score (nSPS) is 11.3. The Hall–Kier alpha value is -3.48. The molecular formula is C20H19N3O4. The summed E-state index contributed by atoms with van der Waals surface area (Å²) in [5.74, 6) is -0.0443. The molecule has 3 N–H and O–H groups in total. The molecule has 0 amide bonds. The molecule has 4 rings (SSSR count). The summed E-state index contributed by atoms with van der Waals surface area (Å²) in [5.41, 5.74) is 2.50. The molecule has 0 aliphatic carbocycles. The molecular weight excluding hydrogens is 346 g/mol. The van der Waals surface area contributed by atoms with Gasteiger partial charge >= 0.3 is 0 Å². The van der Waals surface area contributed by atoms with Gasteiger partial charge in [0, 0.05) is 6.42 Å². The molecule has 0 aliphatic heterocycles. The van der Waals surface area contributed by atoms with Gasteiger partial charge in [-0.2, -0.15) is 0 Å². The fourth-order valence-corrected chi connectivity index (χ4v) is 3.27. The molecule has 0 atom stereocenters. The summed E-state index contributed by atoms with van der Waals surface area (Å²) in [6.07, 6.45) is 2.46. The molecule has 0 saturated heterocycles. The Morgan fingerprint density at radius 3 is 2.78 bits per heavy atom. The largest absolute Gasteiger partial charge is 0.503 e. The van der Waals surface area contributed by atoms with Crippen molar-refractivity contribution in [1.82, 2.24) is 14.5 Å². The monoisotopic (exact) mass is 365 g/mol. The van der Waals surface area contributed by atoms with E-state index in [1.165, 1.54) is 4.57 Å². The van der Waals surface area contributed by atoms with E-state index in [1.807, 2.05) is 6.92 Å². The number of hydrogen-bond donors (Lipinski definition) is 3. The number of rotatable bonds is 5. The third-order valence-corrected chi connectivity index (χ3v) is 4.51. The van der Waals surface area contributed by atoms with Crippen molar-refractivity contribution in [2.45, 2.75) is 26.7 Å². The lowest BCUT2D eigenvalue weighted by molar-refractivity contribution is 0.0979. The Balaban J connectivity index is 2.02. The summed E-state index contributed by atoms with van der Waals surface area (Å²) in [5, 5.41) is 21.2. The number of carbonyl (C=O) groups excluding carboxylic acids is 1. The number of carbonyl (C=O) groups is 1. The van der Waals surface area contributed by atoms with Crippen LogP contribution in [-0.2, 0) is 0 Å². The lowest BCUT2D eigenvalue weighted by Crippen LogP contribution is -2.02. The maximum absolute atomic E-state index is 12.7. The van der Waals surface area contributed by atoms with Gasteiger partial charge in [0.15, 0.2) is 17.3 Å². The number of imidazole rings is 1. The highest BCUT2D eigenvalue weighted by molar-refractivity contribution is 6.05. The summed E-state index contributed by atoms with van der Waals surface area (Å²) in [4.78, 5) is 19.9. The molecule has 0 bridgehead atoms. The first-order valence-corrected chi connectivity index (χ1v) is 8.71. The Kier molecular flexibility index (Phi) is 3.99. The molecule has 0 radical (unpaired) electrons. The summed E-state index contributed by atoms with van der Waals surface area (Å²) >= 11 is 0. The molecule has 0 fully saturated rings. The topological polar surface area (TPSA) is 104 Å². The van der Waals surface area contributed by atoms with E-state index in [2.05, 4.69) is 9.97 Å². The SMILES string of the molecule is CCCC(=O)c1c(O)c(O)n(-c2ccc3nc[nH]c3c2)c1-c1ccc(C)o1. The molecule has 3 heterocycles. The van der Waals surface area contributed by atoms with Crippen LogP contribution in [0.3, 0.4) is 0 Å². The van der Waals surface area contributed by atoms with Gasteiger partial charge in [0.25, 0.3) is 0 Å². The molecule has 0 spiro atoms. The number of fused-ring (bicyclic) bond motifs is 1. The quantitative estimate of drug-likeness (QED) is 0.457. The van der Waals surface area contributed by atoms with Crippen molar-refractivity contribution in [3.05, 3.63) is 48.0 Å². The van der Waals surface area contributed by atoms with E-state index in [1.54, 1.807) is 43.6 Å². The van der Waals surface area contributed by atoms with Crippen LogP contribution >= 0.6 is 0 Å². The number of benzene rings is 1. The number of aromatic nitrogens is 3. The van der Waals surface area contributed by atoms with Gasteiger partial charge in [-0.05, 0) is 43.7 Å². The molecule has 7 nitrogen and oxygen atoms in total. The number of aryl methyl sites for hydroxylation is 1. The van der Waals surface area contributed by atoms with Crippen LogP contribution in [0.2, 0.25) is 0 Å². The molecule has 27 heavy (non-hydrogen) atoms. The van der Waals surface area contributed by atoms with Gasteiger partial charge in [-0.15, -0.1) is 0 Å². The van der Waals surface area contributed by atoms with Crippen LogP contribution in [0.1, 0.15) is 35.9 Å². The first-order valence-electron chi connectivity index (χ1n) is 8.71. The second-order valence-electron chi connectivity index (χ2n) is 6.42. The van der Waals surface area contributed by atoms with Crippen LogP contribution in [0.15, 0.2) is 41.1 Å². The first-order chi connectivity index (χ1) is 13.0. The van der Waals surface area contributed by atoms with Gasteiger partial charge in [0.1, 0.15) is 11.5 Å². The van der Waals surface area contributed by atoms with Crippen LogP contribution < -0.4 is 0 Å². The average molecular weight is 365 g/mol. The Labute approximate surface area is 154 Å². The average Bonchev–Trinajstić information content (AvgIpc) is 3.33. The van der Waals surface area contributed by atoms with Gasteiger partial charge in [-0.1, -0.05) is 6.92 Å². The minimum absolute atomic E-state index is 0.0633. The van der Waals surface area contributed by atoms with E-state index in [0.29, 0.717) is 29.3 Å². The predicted molar refractivity (Wildman–Crippen MR) is 100 cm³/mol. The molecule has 0 aliphatic rings. The second kappa shape index (κ2) is 6.35. The zero-order valence-electron chi connectivity index (χ0n) is 15.0. The number of H-pyrrole nitrogens is 1. The van der Waals surface area contributed by atoms with Crippen LogP contribution in [0.25, 0.3) is 28.2 Å². The highest BCUT2D eigenvalue weighted by atomic mass is 16.3. The van der Waals surface area contributed by atoms with Crippen LogP contribution in [-0.4, -0.2) is 30.5 Å². The van der Waals surface area contributed by atoms with Gasteiger partial charge in [0.05, 0.1) is 28.6 Å². The lowest BCUT2D eigenvalue weighted by atomic mass is 10.1. The van der Waals surface area contributed by atoms with Crippen molar-refractivity contribution in [1.29, 1.82) is 0 Å². The summed E-state index contributed by atoms with van der Waals surface area (Å²) in [6, 6.07) is 8.83. The number of aromatic hydroxyl groups is 2. The summed E-state index contributed by atoms with van der Waals surface area (Å²) in [6.45, 7) is 3.68. The van der Waals surface area contributed by atoms with Crippen molar-refractivity contribution in [3.8, 4) is 28.8 Å². The molecule has 7 heteroatoms. The zero-order valence-corrected chi connectivity index (χ0v) is 15.0. The van der Waals surface area contributed by atoms with Gasteiger partial charge in [-0.3, -0.25) is 9.36 Å². The van der Waals surface area contributed by atoms with Crippen molar-refractivity contribution in [2.75, 3.05) is 0 Å². The van der Waals surface area contributed by atoms with E-state index in [0.717, 1.165) is 11.0 Å². The highest BCUT2D eigenvalue weighted by Gasteiger charge is 2.30. The number of aromatic amines is 1. The van der Waals surface area contributed by atoms with E-state index in [4.69, 9.17) is 4.42 Å². The van der Waals surface area contributed by atoms with E-state index in [9.17, 15) is 15.0 Å². The van der Waals surface area contributed by atoms with E-state index in [-0.39, 0.29) is 17.8 Å². The fourth-order valence-electron chi connectivity index (χ4n) is 3.27. The third-order valence-electron chi connectivity index (χ3n) is 4.51. The maximum atomic E-state index is 12.7. The molecule has 0 saturated carbocycles. The summed E-state index contributed by atoms with van der Waals surface area (Å²) < 4.78 is 7.15. The summed E-state index contributed by atoms with van der Waals surface area (Å²) in [7, 11) is 0. The number of Topliss-reactive ketones (excluding diaryl/α,β-unsaturated/α-hetero) is 1. The van der Waals surface area contributed by atoms with Crippen molar-refractivity contribution >= 4 is 16.8 Å². The van der Waals surface area contributed by atoms with Crippen LogP contribution in [0.4, 0.5) is 0 Å². The Morgan fingerprint density at radius 1 is 1.26 bits per heavy atom. The third kappa shape index (κ3) is 2.68. The molecule has 138 valence electrons. The number of furan rings is 1. The van der Waals surface area contributed by atoms with Gasteiger partial charge in [0.2, 0.25) is 5.88 Å². The van der Waals surface area contributed by atoms with Crippen molar-refractivity contribution < 1.29 is 19.4 Å². The number of ketones is 1. The smallest absolute Gasteiger partial charge is 0.240 e. The minimum atomic E-state index is -0.442. The van der Waals surface area contributed by atoms with Crippen LogP contribution in [0, 0.1) is 6.92 Å². The first kappa shape index (κ1) is 17.0. The lowest BCUT2D eigenvalue weighted by Gasteiger charge is -2.10. The van der Waals surface area contributed by atoms with E-state index < -0.39 is 11.6 Å². The zero-order chi connectivity index (χ0) is 19.1. The van der Waals surface area contributed by atoms with Crippen LogP contribution in [0.5, 0.6) is 11.6 Å². The standard InChI is InChI=1S/C20H19N3O4/c1-3-4-15(24)17-18(16-8-5-11(2)27-16)23(20(26)19(17)25)12-6-7-13-14(9-12)22-10-21-13/h5-10,25-26H,3-4H2,1-2H3,(H,21,22). The number of nitrogens with zero attached hydrogens (tertiary/aromatic N) is 2. The minimum Gasteiger partial charge on any atom is -0.503 e. The maximum Gasteiger partial charge on any atom is 0.240 e. The fraction of sp³-hybridized carbons (Fsp3) is 0.200. The Bertz CT molecular complexity index is 1150. The van der Waals surface area contributed by atoms with Gasteiger partial charge in [-0.25, -0.2) is 4.98 Å². The highest BCUT2D eigenvalue weighted by Crippen LogP contribution is 2.44. The second-order valence-corrected chi connectivity index (χ2v) is 6.42. The number of nitrogens with one attached hydrogen (secondary N) is 1.